The van der Waals surface area contributed by atoms with E-state index >= 15 is 0 Å². The quantitative estimate of drug-likeness (QED) is 0.607. The molecule has 0 spiro atoms. The molecular formula is C12H7N5O. The maximum absolute atomic E-state index is 11.6. The number of H-pyrrole nitrogens is 1. The molecule has 0 unspecified atom stereocenters. The number of nitriles is 2. The Labute approximate surface area is 102 Å². The summed E-state index contributed by atoms with van der Waals surface area (Å²) in [5.41, 5.74) is 2.68. The number of rotatable bonds is 2. The third-order valence-electron chi connectivity index (χ3n) is 2.32. The normalized spacial score (nSPS) is 9.22. The van der Waals surface area contributed by atoms with Crippen LogP contribution in [0.3, 0.4) is 0 Å². The number of anilines is 1. The van der Waals surface area contributed by atoms with Gasteiger partial charge in [0.25, 0.3) is 5.56 Å². The van der Waals surface area contributed by atoms with Crippen molar-refractivity contribution in [3.05, 3.63) is 40.8 Å². The minimum atomic E-state index is -0.281. The molecule has 6 nitrogen and oxygen atoms in total. The van der Waals surface area contributed by atoms with Gasteiger partial charge in [-0.15, -0.1) is 0 Å². The van der Waals surface area contributed by atoms with Crippen molar-refractivity contribution in [2.45, 2.75) is 0 Å². The molecule has 0 aliphatic carbocycles. The first-order valence-electron chi connectivity index (χ1n) is 5.00. The fourth-order valence-electron chi connectivity index (χ4n) is 1.51. The van der Waals surface area contributed by atoms with Crippen molar-refractivity contribution in [1.82, 2.24) is 4.98 Å². The molecule has 2 N–H and O–H groups in total. The van der Waals surface area contributed by atoms with Crippen molar-refractivity contribution in [1.29, 1.82) is 10.5 Å². The minimum absolute atomic E-state index is 0.207. The highest BCUT2D eigenvalue weighted by Gasteiger charge is 2.02. The molecule has 0 bridgehead atoms. The molecular weight excluding hydrogens is 230 g/mol. The summed E-state index contributed by atoms with van der Waals surface area (Å²) in [7, 11) is 0. The van der Waals surface area contributed by atoms with Crippen molar-refractivity contribution in [2.24, 2.45) is 5.10 Å². The topological polar surface area (TPSA) is 105 Å². The molecule has 0 saturated heterocycles. The summed E-state index contributed by atoms with van der Waals surface area (Å²) in [5, 5.41) is 21.9. The number of aromatic amines is 1. The molecule has 2 aromatic rings. The maximum Gasteiger partial charge on any atom is 0.255 e. The van der Waals surface area contributed by atoms with E-state index in [0.29, 0.717) is 16.5 Å². The van der Waals surface area contributed by atoms with Crippen molar-refractivity contribution < 1.29 is 0 Å². The zero-order chi connectivity index (χ0) is 13.0. The molecule has 86 valence electrons. The zero-order valence-electron chi connectivity index (χ0n) is 9.14. The van der Waals surface area contributed by atoms with Crippen molar-refractivity contribution in [2.75, 3.05) is 5.43 Å². The maximum atomic E-state index is 11.6. The van der Waals surface area contributed by atoms with Gasteiger partial charge in [0.05, 0.1) is 5.69 Å². The van der Waals surface area contributed by atoms with Gasteiger partial charge in [0, 0.05) is 17.0 Å². The van der Waals surface area contributed by atoms with Gasteiger partial charge in [-0.3, -0.25) is 10.2 Å². The summed E-state index contributed by atoms with van der Waals surface area (Å²) in [4.78, 5) is 14.1. The van der Waals surface area contributed by atoms with Crippen LogP contribution >= 0.6 is 0 Å². The largest absolute Gasteiger partial charge is 0.329 e. The molecule has 0 radical (unpaired) electrons. The number of hydrogen-bond donors (Lipinski definition) is 2. The summed E-state index contributed by atoms with van der Waals surface area (Å²) in [5.74, 6) is 0. The number of pyridine rings is 1. The SMILES string of the molecule is N#CC(C#N)=NNc1cccc2c(=O)[nH]ccc12. The van der Waals surface area contributed by atoms with E-state index in [9.17, 15) is 4.79 Å². The van der Waals surface area contributed by atoms with Gasteiger partial charge in [0.2, 0.25) is 5.71 Å². The van der Waals surface area contributed by atoms with E-state index in [2.05, 4.69) is 15.5 Å². The number of nitrogens with zero attached hydrogens (tertiary/aromatic N) is 3. The molecule has 1 aromatic heterocycles. The lowest BCUT2D eigenvalue weighted by Crippen LogP contribution is -2.05. The Morgan fingerprint density at radius 2 is 2.00 bits per heavy atom. The second-order valence-corrected chi connectivity index (χ2v) is 3.37. The average Bonchev–Trinajstić information content (AvgIpc) is 2.41. The Bertz CT molecular complexity index is 744. The molecule has 0 aliphatic heterocycles. The minimum Gasteiger partial charge on any atom is -0.329 e. The Balaban J connectivity index is 2.51. The van der Waals surface area contributed by atoms with Gasteiger partial charge < -0.3 is 4.98 Å². The molecule has 0 atom stereocenters. The molecule has 1 heterocycles. The van der Waals surface area contributed by atoms with Crippen LogP contribution in [0.5, 0.6) is 0 Å². The van der Waals surface area contributed by atoms with Gasteiger partial charge in [-0.25, -0.2) is 0 Å². The number of hydrazone groups is 1. The van der Waals surface area contributed by atoms with Crippen LogP contribution in [0, 0.1) is 22.7 Å². The lowest BCUT2D eigenvalue weighted by atomic mass is 10.1. The number of aromatic nitrogens is 1. The number of benzene rings is 1. The van der Waals surface area contributed by atoms with Gasteiger partial charge in [0.1, 0.15) is 12.1 Å². The summed E-state index contributed by atoms with van der Waals surface area (Å²) in [6.45, 7) is 0. The van der Waals surface area contributed by atoms with Crippen LogP contribution in [0.2, 0.25) is 0 Å². The molecule has 6 heteroatoms. The monoisotopic (exact) mass is 237 g/mol. The van der Waals surface area contributed by atoms with Gasteiger partial charge >= 0.3 is 0 Å². The lowest BCUT2D eigenvalue weighted by Gasteiger charge is -2.04. The van der Waals surface area contributed by atoms with E-state index < -0.39 is 0 Å². The van der Waals surface area contributed by atoms with Crippen LogP contribution in [0.25, 0.3) is 10.8 Å². The Kier molecular flexibility index (Phi) is 3.04. The fraction of sp³-hybridized carbons (Fsp3) is 0. The first-order chi connectivity index (χ1) is 8.76. The molecule has 18 heavy (non-hydrogen) atoms. The van der Waals surface area contributed by atoms with E-state index in [-0.39, 0.29) is 11.3 Å². The van der Waals surface area contributed by atoms with E-state index in [1.807, 2.05) is 0 Å². The third-order valence-corrected chi connectivity index (χ3v) is 2.32. The van der Waals surface area contributed by atoms with Crippen LogP contribution in [0.15, 0.2) is 40.4 Å². The molecule has 0 aliphatic rings. The van der Waals surface area contributed by atoms with Crippen LogP contribution in [0.4, 0.5) is 5.69 Å². The molecule has 0 saturated carbocycles. The smallest absolute Gasteiger partial charge is 0.255 e. The van der Waals surface area contributed by atoms with Gasteiger partial charge in [-0.2, -0.15) is 15.6 Å². The number of nitrogens with one attached hydrogen (secondary N) is 2. The zero-order valence-corrected chi connectivity index (χ0v) is 9.14. The van der Waals surface area contributed by atoms with E-state index in [1.165, 1.54) is 6.20 Å². The lowest BCUT2D eigenvalue weighted by molar-refractivity contribution is 1.27. The van der Waals surface area contributed by atoms with Gasteiger partial charge in [0.15, 0.2) is 0 Å². The van der Waals surface area contributed by atoms with E-state index in [0.717, 1.165) is 0 Å². The van der Waals surface area contributed by atoms with Gasteiger partial charge in [-0.05, 0) is 18.2 Å². The summed E-state index contributed by atoms with van der Waals surface area (Å²) < 4.78 is 0. The van der Waals surface area contributed by atoms with Crippen LogP contribution in [-0.2, 0) is 0 Å². The van der Waals surface area contributed by atoms with Crippen molar-refractivity contribution >= 4 is 22.2 Å². The molecule has 0 fully saturated rings. The highest BCUT2D eigenvalue weighted by Crippen LogP contribution is 2.19. The summed E-state index contributed by atoms with van der Waals surface area (Å²) >= 11 is 0. The van der Waals surface area contributed by atoms with E-state index in [4.69, 9.17) is 10.5 Å². The van der Waals surface area contributed by atoms with Crippen molar-refractivity contribution in [3.8, 4) is 12.1 Å². The predicted octanol–water partition coefficient (Wildman–Crippen LogP) is 1.34. The predicted molar refractivity (Wildman–Crippen MR) is 66.9 cm³/mol. The third kappa shape index (κ3) is 2.04. The Morgan fingerprint density at radius 1 is 1.22 bits per heavy atom. The fourth-order valence-corrected chi connectivity index (χ4v) is 1.51. The highest BCUT2D eigenvalue weighted by atomic mass is 16.1. The van der Waals surface area contributed by atoms with Crippen LogP contribution in [0.1, 0.15) is 0 Å². The second-order valence-electron chi connectivity index (χ2n) is 3.37. The molecule has 1 aromatic carbocycles. The molecule has 0 amide bonds. The Hall–Kier alpha value is -3.12. The second kappa shape index (κ2) is 4.81. The van der Waals surface area contributed by atoms with Crippen LogP contribution < -0.4 is 11.0 Å². The highest BCUT2D eigenvalue weighted by molar-refractivity contribution is 6.10. The standard InChI is InChI=1S/C12H7N5O/c13-6-8(7-14)16-17-11-3-1-2-10-9(11)4-5-15-12(10)18/h1-5,17H,(H,15,18). The first kappa shape index (κ1) is 11.4. The Morgan fingerprint density at radius 3 is 2.72 bits per heavy atom. The summed E-state index contributed by atoms with van der Waals surface area (Å²) in [6.07, 6.45) is 1.52. The van der Waals surface area contributed by atoms with Crippen molar-refractivity contribution in [3.63, 3.8) is 0 Å². The van der Waals surface area contributed by atoms with Crippen LogP contribution in [-0.4, -0.2) is 10.7 Å². The van der Waals surface area contributed by atoms with Gasteiger partial charge in [-0.1, -0.05) is 6.07 Å². The first-order valence-corrected chi connectivity index (χ1v) is 5.00. The number of hydrogen-bond acceptors (Lipinski definition) is 5. The molecule has 2 rings (SSSR count). The number of fused-ring (bicyclic) bond motifs is 1. The van der Waals surface area contributed by atoms with E-state index in [1.54, 1.807) is 36.4 Å². The summed E-state index contributed by atoms with van der Waals surface area (Å²) in [6, 6.07) is 10.1. The average molecular weight is 237 g/mol.